The van der Waals surface area contributed by atoms with E-state index < -0.39 is 0 Å². The van der Waals surface area contributed by atoms with Gasteiger partial charge in [0.2, 0.25) is 0 Å². The summed E-state index contributed by atoms with van der Waals surface area (Å²) in [4.78, 5) is 6.72. The summed E-state index contributed by atoms with van der Waals surface area (Å²) in [6, 6.07) is 7.99. The number of hydrogen-bond donors (Lipinski definition) is 2. The maximum atomic E-state index is 5.89. The summed E-state index contributed by atoms with van der Waals surface area (Å²) >= 11 is 5.89. The molecular weight excluding hydrogens is 435 g/mol. The molecule has 24 heavy (non-hydrogen) atoms. The smallest absolute Gasteiger partial charge is 0.190 e. The van der Waals surface area contributed by atoms with Crippen LogP contribution in [-0.4, -0.2) is 50.6 Å². The minimum Gasteiger partial charge on any atom is -0.356 e. The van der Waals surface area contributed by atoms with Crippen molar-refractivity contribution in [3.63, 3.8) is 0 Å². The van der Waals surface area contributed by atoms with Gasteiger partial charge in [-0.25, -0.2) is 0 Å². The molecule has 0 unspecified atom stereocenters. The minimum absolute atomic E-state index is 0. The third-order valence-electron chi connectivity index (χ3n) is 3.93. The van der Waals surface area contributed by atoms with Gasteiger partial charge in [-0.1, -0.05) is 37.6 Å². The first-order valence-electron chi connectivity index (χ1n) is 8.60. The Hall–Kier alpha value is -0.530. The molecule has 138 valence electrons. The first kappa shape index (κ1) is 23.5. The molecule has 0 amide bonds. The molecule has 0 radical (unpaired) electrons. The van der Waals surface area contributed by atoms with Crippen LogP contribution in [0.2, 0.25) is 5.02 Å². The quantitative estimate of drug-likeness (QED) is 0.239. The zero-order valence-corrected chi connectivity index (χ0v) is 18.2. The topological polar surface area (TPSA) is 39.7 Å². The van der Waals surface area contributed by atoms with Crippen LogP contribution >= 0.6 is 35.6 Å². The molecule has 0 aliphatic heterocycles. The Balaban J connectivity index is 0.00000529. The van der Waals surface area contributed by atoms with Gasteiger partial charge in [-0.3, -0.25) is 4.99 Å². The fourth-order valence-corrected chi connectivity index (χ4v) is 2.53. The Morgan fingerprint density at radius 3 is 2.25 bits per heavy atom. The highest BCUT2D eigenvalue weighted by Gasteiger charge is 2.00. The van der Waals surface area contributed by atoms with E-state index in [1.165, 1.54) is 18.5 Å². The number of aliphatic imine (C=N–C) groups is 1. The molecule has 1 aromatic carbocycles. The highest BCUT2D eigenvalue weighted by Crippen LogP contribution is 2.09. The number of nitrogens with zero attached hydrogens (tertiary/aromatic N) is 2. The summed E-state index contributed by atoms with van der Waals surface area (Å²) < 4.78 is 0. The number of rotatable bonds is 10. The van der Waals surface area contributed by atoms with Gasteiger partial charge in [0.1, 0.15) is 0 Å². The van der Waals surface area contributed by atoms with Crippen LogP contribution in [0.5, 0.6) is 0 Å². The second-order valence-electron chi connectivity index (χ2n) is 5.54. The van der Waals surface area contributed by atoms with Crippen molar-refractivity contribution in [1.29, 1.82) is 0 Å². The Morgan fingerprint density at radius 2 is 1.67 bits per heavy atom. The standard InChI is InChI=1S/C18H31ClN4.HI/c1-4-23(5-2)15-7-6-13-21-18(20-3)22-14-12-16-8-10-17(19)11-9-16;/h8-11H,4-7,12-15H2,1-3H3,(H2,20,21,22);1H. The highest BCUT2D eigenvalue weighted by molar-refractivity contribution is 14.0. The normalized spacial score (nSPS) is 11.3. The van der Waals surface area contributed by atoms with Crippen LogP contribution < -0.4 is 10.6 Å². The van der Waals surface area contributed by atoms with E-state index in [9.17, 15) is 0 Å². The average Bonchev–Trinajstić information content (AvgIpc) is 2.58. The molecule has 0 fully saturated rings. The van der Waals surface area contributed by atoms with Crippen molar-refractivity contribution < 1.29 is 0 Å². The molecule has 1 rings (SSSR count). The van der Waals surface area contributed by atoms with Gasteiger partial charge in [0.05, 0.1) is 0 Å². The SMILES string of the molecule is CCN(CC)CCCCNC(=NC)NCCc1ccc(Cl)cc1.I. The fourth-order valence-electron chi connectivity index (χ4n) is 2.40. The van der Waals surface area contributed by atoms with Gasteiger partial charge in [0.25, 0.3) is 0 Å². The summed E-state index contributed by atoms with van der Waals surface area (Å²) in [7, 11) is 1.81. The lowest BCUT2D eigenvalue weighted by Crippen LogP contribution is -2.38. The summed E-state index contributed by atoms with van der Waals surface area (Å²) in [6.45, 7) is 9.71. The van der Waals surface area contributed by atoms with E-state index in [0.29, 0.717) is 0 Å². The number of hydrogen-bond acceptors (Lipinski definition) is 2. The molecule has 1 aromatic rings. The number of benzene rings is 1. The third-order valence-corrected chi connectivity index (χ3v) is 4.18. The first-order valence-corrected chi connectivity index (χ1v) is 8.98. The molecule has 0 bridgehead atoms. The van der Waals surface area contributed by atoms with Gasteiger partial charge in [-0.2, -0.15) is 0 Å². The molecule has 0 aliphatic carbocycles. The van der Waals surface area contributed by atoms with Crippen molar-refractivity contribution in [3.8, 4) is 0 Å². The largest absolute Gasteiger partial charge is 0.356 e. The Kier molecular flexibility index (Phi) is 14.5. The molecule has 2 N–H and O–H groups in total. The van der Waals surface area contributed by atoms with Crippen LogP contribution in [0.25, 0.3) is 0 Å². The molecule has 0 heterocycles. The van der Waals surface area contributed by atoms with Gasteiger partial charge in [-0.05, 0) is 56.6 Å². The van der Waals surface area contributed by atoms with Crippen molar-refractivity contribution in [2.75, 3.05) is 39.8 Å². The molecule has 0 aromatic heterocycles. The fraction of sp³-hybridized carbons (Fsp3) is 0.611. The maximum absolute atomic E-state index is 5.89. The lowest BCUT2D eigenvalue weighted by molar-refractivity contribution is 0.297. The second kappa shape index (κ2) is 14.8. The molecule has 0 saturated carbocycles. The van der Waals surface area contributed by atoms with Crippen LogP contribution in [0.4, 0.5) is 0 Å². The third kappa shape index (κ3) is 10.4. The maximum Gasteiger partial charge on any atom is 0.190 e. The Labute approximate surface area is 169 Å². The Morgan fingerprint density at radius 1 is 1.04 bits per heavy atom. The van der Waals surface area contributed by atoms with Crippen LogP contribution in [0.1, 0.15) is 32.3 Å². The predicted molar refractivity (Wildman–Crippen MR) is 117 cm³/mol. The van der Waals surface area contributed by atoms with Gasteiger partial charge in [0, 0.05) is 25.2 Å². The molecule has 0 atom stereocenters. The summed E-state index contributed by atoms with van der Waals surface area (Å²) in [6.07, 6.45) is 3.34. The summed E-state index contributed by atoms with van der Waals surface area (Å²) in [5.41, 5.74) is 1.27. The minimum atomic E-state index is 0. The number of unbranched alkanes of at least 4 members (excludes halogenated alkanes) is 1. The molecule has 0 spiro atoms. The van der Waals surface area contributed by atoms with E-state index in [-0.39, 0.29) is 24.0 Å². The van der Waals surface area contributed by atoms with Gasteiger partial charge >= 0.3 is 0 Å². The first-order chi connectivity index (χ1) is 11.2. The van der Waals surface area contributed by atoms with E-state index >= 15 is 0 Å². The molecule has 4 nitrogen and oxygen atoms in total. The van der Waals surface area contributed by atoms with Crippen molar-refractivity contribution in [1.82, 2.24) is 15.5 Å². The van der Waals surface area contributed by atoms with Crippen molar-refractivity contribution in [3.05, 3.63) is 34.9 Å². The predicted octanol–water partition coefficient (Wildman–Crippen LogP) is 3.79. The Bertz CT molecular complexity index is 447. The van der Waals surface area contributed by atoms with Gasteiger partial charge in [0.15, 0.2) is 5.96 Å². The van der Waals surface area contributed by atoms with E-state index in [4.69, 9.17) is 11.6 Å². The van der Waals surface area contributed by atoms with Crippen molar-refractivity contribution in [2.45, 2.75) is 33.1 Å². The van der Waals surface area contributed by atoms with E-state index in [1.807, 2.05) is 19.2 Å². The summed E-state index contributed by atoms with van der Waals surface area (Å²) in [5.74, 6) is 0.877. The van der Waals surface area contributed by atoms with E-state index in [1.54, 1.807) is 0 Å². The zero-order chi connectivity index (χ0) is 16.9. The monoisotopic (exact) mass is 466 g/mol. The molecular formula is C18H32ClIN4. The van der Waals surface area contributed by atoms with Crippen molar-refractivity contribution in [2.24, 2.45) is 4.99 Å². The lowest BCUT2D eigenvalue weighted by Gasteiger charge is -2.18. The number of nitrogens with one attached hydrogen (secondary N) is 2. The average molecular weight is 467 g/mol. The van der Waals surface area contributed by atoms with Crippen LogP contribution in [-0.2, 0) is 6.42 Å². The van der Waals surface area contributed by atoms with Crippen LogP contribution in [0.15, 0.2) is 29.3 Å². The molecule has 0 aliphatic rings. The molecule has 0 saturated heterocycles. The summed E-state index contributed by atoms with van der Waals surface area (Å²) in [5, 5.41) is 7.51. The van der Waals surface area contributed by atoms with Crippen molar-refractivity contribution >= 4 is 41.5 Å². The van der Waals surface area contributed by atoms with E-state index in [0.717, 1.165) is 50.0 Å². The van der Waals surface area contributed by atoms with Gasteiger partial charge in [-0.15, -0.1) is 24.0 Å². The van der Waals surface area contributed by atoms with Crippen LogP contribution in [0, 0.1) is 0 Å². The van der Waals surface area contributed by atoms with Gasteiger partial charge < -0.3 is 15.5 Å². The lowest BCUT2D eigenvalue weighted by atomic mass is 10.1. The van der Waals surface area contributed by atoms with Crippen LogP contribution in [0.3, 0.4) is 0 Å². The highest BCUT2D eigenvalue weighted by atomic mass is 127. The van der Waals surface area contributed by atoms with E-state index in [2.05, 4.69) is 46.5 Å². The number of halogens is 2. The zero-order valence-electron chi connectivity index (χ0n) is 15.1. The number of guanidine groups is 1. The second-order valence-corrected chi connectivity index (χ2v) is 5.97. The molecule has 6 heteroatoms.